The molecule has 1 heterocycles. The van der Waals surface area contributed by atoms with Gasteiger partial charge >= 0.3 is 0 Å². The van der Waals surface area contributed by atoms with E-state index in [0.717, 1.165) is 12.7 Å². The third-order valence-electron chi connectivity index (χ3n) is 5.44. The summed E-state index contributed by atoms with van der Waals surface area (Å²) in [7, 11) is -1.84. The number of halogens is 1. The largest absolute Gasteiger partial charge is 0.383 e. The Bertz CT molecular complexity index is 984. The van der Waals surface area contributed by atoms with Crippen molar-refractivity contribution in [2.24, 2.45) is 5.92 Å². The van der Waals surface area contributed by atoms with E-state index in [9.17, 15) is 13.2 Å². The van der Waals surface area contributed by atoms with Crippen LogP contribution in [0.1, 0.15) is 38.5 Å². The second kappa shape index (κ2) is 9.94. The van der Waals surface area contributed by atoms with Crippen LogP contribution >= 0.6 is 11.6 Å². The van der Waals surface area contributed by atoms with Crippen LogP contribution in [0.4, 0.5) is 11.5 Å². The molecule has 0 spiro atoms. The van der Waals surface area contributed by atoms with Gasteiger partial charge in [-0.1, -0.05) is 37.3 Å². The van der Waals surface area contributed by atoms with E-state index in [-0.39, 0.29) is 15.8 Å². The van der Waals surface area contributed by atoms with Gasteiger partial charge in [-0.15, -0.1) is 0 Å². The fraction of sp³-hybridized carbons (Fsp3) is 0.524. The van der Waals surface area contributed by atoms with Gasteiger partial charge in [0.25, 0.3) is 0 Å². The van der Waals surface area contributed by atoms with Gasteiger partial charge in [-0.25, -0.2) is 8.42 Å². The summed E-state index contributed by atoms with van der Waals surface area (Å²) in [6.07, 6.45) is 8.95. The topological polar surface area (TPSA) is 81.5 Å². The standard InChI is InChI=1S/C21H28ClN3O4S/c1-29-14-13-24-12-11-20(23-24)25(21(26)10-7-16-5-3-4-6-16)17-8-9-19(18(22)15-17)30(2,27)28/h8-9,11-12,15-16H,3-7,10,13-14H2,1-2H3. The number of rotatable bonds is 9. The molecule has 2 aromatic rings. The van der Waals surface area contributed by atoms with Crippen LogP contribution in [0, 0.1) is 5.92 Å². The summed E-state index contributed by atoms with van der Waals surface area (Å²) in [4.78, 5) is 14.8. The van der Waals surface area contributed by atoms with Crippen molar-refractivity contribution < 1.29 is 17.9 Å². The van der Waals surface area contributed by atoms with Crippen molar-refractivity contribution in [3.05, 3.63) is 35.5 Å². The van der Waals surface area contributed by atoms with Gasteiger partial charge in [-0.2, -0.15) is 5.10 Å². The highest BCUT2D eigenvalue weighted by Crippen LogP contribution is 2.33. The van der Waals surface area contributed by atoms with Gasteiger partial charge < -0.3 is 4.74 Å². The van der Waals surface area contributed by atoms with Crippen LogP contribution in [-0.4, -0.2) is 44.1 Å². The highest BCUT2D eigenvalue weighted by molar-refractivity contribution is 7.90. The van der Waals surface area contributed by atoms with E-state index in [4.69, 9.17) is 16.3 Å². The minimum Gasteiger partial charge on any atom is -0.383 e. The Morgan fingerprint density at radius 2 is 2.03 bits per heavy atom. The monoisotopic (exact) mass is 453 g/mol. The molecule has 1 aromatic carbocycles. The normalized spacial score (nSPS) is 14.9. The van der Waals surface area contributed by atoms with Crippen LogP contribution in [-0.2, 0) is 25.9 Å². The predicted molar refractivity (Wildman–Crippen MR) is 117 cm³/mol. The quantitative estimate of drug-likeness (QED) is 0.567. The predicted octanol–water partition coefficient (Wildman–Crippen LogP) is 4.22. The maximum Gasteiger partial charge on any atom is 0.232 e. The number of methoxy groups -OCH3 is 1. The van der Waals surface area contributed by atoms with Gasteiger partial charge in [0.05, 0.1) is 28.8 Å². The zero-order chi connectivity index (χ0) is 21.7. The van der Waals surface area contributed by atoms with Crippen molar-refractivity contribution in [3.63, 3.8) is 0 Å². The summed E-state index contributed by atoms with van der Waals surface area (Å²) in [5.41, 5.74) is 0.501. The lowest BCUT2D eigenvalue weighted by molar-refractivity contribution is -0.118. The van der Waals surface area contributed by atoms with Crippen molar-refractivity contribution >= 4 is 38.9 Å². The molecule has 1 aromatic heterocycles. The maximum atomic E-state index is 13.2. The number of benzene rings is 1. The minimum atomic E-state index is -3.46. The number of carbonyl (C=O) groups is 1. The second-order valence-electron chi connectivity index (χ2n) is 7.74. The summed E-state index contributed by atoms with van der Waals surface area (Å²) in [6, 6.07) is 6.32. The first-order valence-electron chi connectivity index (χ1n) is 10.1. The molecule has 7 nitrogen and oxygen atoms in total. The Morgan fingerprint density at radius 1 is 1.30 bits per heavy atom. The Kier molecular flexibility index (Phi) is 7.55. The van der Waals surface area contributed by atoms with Crippen molar-refractivity contribution in [3.8, 4) is 0 Å². The highest BCUT2D eigenvalue weighted by Gasteiger charge is 2.24. The zero-order valence-corrected chi connectivity index (χ0v) is 19.0. The fourth-order valence-electron chi connectivity index (χ4n) is 3.85. The van der Waals surface area contributed by atoms with Crippen LogP contribution in [0.15, 0.2) is 35.4 Å². The molecule has 1 fully saturated rings. The van der Waals surface area contributed by atoms with Gasteiger partial charge in [0.1, 0.15) is 0 Å². The molecule has 0 unspecified atom stereocenters. The molecule has 30 heavy (non-hydrogen) atoms. The molecule has 0 aliphatic heterocycles. The van der Waals surface area contributed by atoms with E-state index in [1.807, 2.05) is 0 Å². The van der Waals surface area contributed by atoms with Crippen molar-refractivity contribution in [2.75, 3.05) is 24.9 Å². The van der Waals surface area contributed by atoms with E-state index in [0.29, 0.717) is 37.0 Å². The molecular weight excluding hydrogens is 426 g/mol. The van der Waals surface area contributed by atoms with Crippen LogP contribution in [0.2, 0.25) is 5.02 Å². The lowest BCUT2D eigenvalue weighted by Crippen LogP contribution is -2.27. The van der Waals surface area contributed by atoms with Crippen molar-refractivity contribution in [2.45, 2.75) is 50.0 Å². The average molecular weight is 454 g/mol. The highest BCUT2D eigenvalue weighted by atomic mass is 35.5. The number of nitrogens with zero attached hydrogens (tertiary/aromatic N) is 3. The number of hydrogen-bond donors (Lipinski definition) is 0. The zero-order valence-electron chi connectivity index (χ0n) is 17.4. The summed E-state index contributed by atoms with van der Waals surface area (Å²) in [5, 5.41) is 4.59. The molecule has 1 amide bonds. The molecule has 1 aliphatic carbocycles. The van der Waals surface area contributed by atoms with Gasteiger partial charge in [0.2, 0.25) is 5.91 Å². The summed E-state index contributed by atoms with van der Waals surface area (Å²) >= 11 is 6.25. The lowest BCUT2D eigenvalue weighted by Gasteiger charge is -2.22. The number of aromatic nitrogens is 2. The number of amides is 1. The number of hydrogen-bond acceptors (Lipinski definition) is 5. The minimum absolute atomic E-state index is 0.0388. The third kappa shape index (κ3) is 5.62. The smallest absolute Gasteiger partial charge is 0.232 e. The molecule has 1 aliphatic rings. The van der Waals surface area contributed by atoms with Gasteiger partial charge in [-0.3, -0.25) is 14.4 Å². The summed E-state index contributed by atoms with van der Waals surface area (Å²) in [6.45, 7) is 1.07. The molecule has 0 bridgehead atoms. The first-order chi connectivity index (χ1) is 14.3. The lowest BCUT2D eigenvalue weighted by atomic mass is 10.0. The molecule has 0 saturated heterocycles. The molecule has 3 rings (SSSR count). The van der Waals surface area contributed by atoms with Crippen LogP contribution in [0.25, 0.3) is 0 Å². The maximum absolute atomic E-state index is 13.2. The first kappa shape index (κ1) is 22.8. The van der Waals surface area contributed by atoms with Gasteiger partial charge in [-0.05, 0) is 30.5 Å². The number of sulfone groups is 1. The first-order valence-corrected chi connectivity index (χ1v) is 12.4. The molecule has 0 N–H and O–H groups in total. The Labute approximate surface area is 182 Å². The van der Waals surface area contributed by atoms with E-state index < -0.39 is 9.84 Å². The summed E-state index contributed by atoms with van der Waals surface area (Å²) < 4.78 is 30.6. The molecule has 9 heteroatoms. The molecule has 1 saturated carbocycles. The van der Waals surface area contributed by atoms with Gasteiger partial charge in [0, 0.05) is 32.0 Å². The fourth-order valence-corrected chi connectivity index (χ4v) is 5.18. The number of ether oxygens (including phenoxy) is 1. The van der Waals surface area contributed by atoms with Crippen molar-refractivity contribution in [1.82, 2.24) is 9.78 Å². The third-order valence-corrected chi connectivity index (χ3v) is 7.02. The van der Waals surface area contributed by atoms with Gasteiger partial charge in [0.15, 0.2) is 15.7 Å². The van der Waals surface area contributed by atoms with E-state index in [1.54, 1.807) is 30.1 Å². The number of anilines is 2. The molecule has 0 atom stereocenters. The van der Waals surface area contributed by atoms with Crippen LogP contribution < -0.4 is 4.90 Å². The van der Waals surface area contributed by atoms with Crippen LogP contribution in [0.3, 0.4) is 0 Å². The Morgan fingerprint density at radius 3 is 2.67 bits per heavy atom. The molecular formula is C21H28ClN3O4S. The molecule has 0 radical (unpaired) electrons. The van der Waals surface area contributed by atoms with E-state index in [1.165, 1.54) is 42.7 Å². The van der Waals surface area contributed by atoms with E-state index in [2.05, 4.69) is 5.10 Å². The summed E-state index contributed by atoms with van der Waals surface area (Å²) in [5.74, 6) is 0.985. The van der Waals surface area contributed by atoms with Crippen molar-refractivity contribution in [1.29, 1.82) is 0 Å². The second-order valence-corrected chi connectivity index (χ2v) is 10.1. The van der Waals surface area contributed by atoms with Crippen LogP contribution in [0.5, 0.6) is 0 Å². The average Bonchev–Trinajstić information content (AvgIpc) is 3.36. The SMILES string of the molecule is COCCn1ccc(N(C(=O)CCC2CCCC2)c2ccc(S(C)(=O)=O)c(Cl)c2)n1. The Hall–Kier alpha value is -1.90. The molecule has 164 valence electrons. The number of carbonyl (C=O) groups excluding carboxylic acids is 1. The van der Waals surface area contributed by atoms with E-state index >= 15 is 0 Å². The Balaban J connectivity index is 1.89.